The third-order valence-corrected chi connectivity index (χ3v) is 4.41. The minimum absolute atomic E-state index is 0.0911. The Bertz CT molecular complexity index is 247. The first-order valence-electron chi connectivity index (χ1n) is 7.61. The average molecular weight is 255 g/mol. The van der Waals surface area contributed by atoms with Crippen molar-refractivity contribution in [3.63, 3.8) is 0 Å². The minimum Gasteiger partial charge on any atom is -0.481 e. The summed E-state index contributed by atoms with van der Waals surface area (Å²) in [7, 11) is 0. The second kappa shape index (κ2) is 7.78. The van der Waals surface area contributed by atoms with Crippen LogP contribution in [0.1, 0.15) is 71.6 Å². The topological polar surface area (TPSA) is 40.5 Å². The molecule has 0 amide bonds. The molecule has 3 heteroatoms. The molecule has 1 aliphatic heterocycles. The Hall–Kier alpha value is -0.570. The van der Waals surface area contributed by atoms with Gasteiger partial charge in [0.25, 0.3) is 0 Å². The number of rotatable bonds is 7. The molecule has 1 fully saturated rings. The summed E-state index contributed by atoms with van der Waals surface area (Å²) in [5.74, 6) is -0.641. The van der Waals surface area contributed by atoms with Gasteiger partial charge in [-0.05, 0) is 38.8 Å². The van der Waals surface area contributed by atoms with Crippen LogP contribution >= 0.6 is 0 Å². The van der Waals surface area contributed by atoms with Crippen molar-refractivity contribution >= 4 is 5.97 Å². The summed E-state index contributed by atoms with van der Waals surface area (Å²) >= 11 is 0. The Kier molecular flexibility index (Phi) is 6.69. The van der Waals surface area contributed by atoms with Crippen LogP contribution in [0.15, 0.2) is 0 Å². The average Bonchev–Trinajstić information content (AvgIpc) is 2.63. The van der Waals surface area contributed by atoms with Crippen molar-refractivity contribution in [1.82, 2.24) is 4.90 Å². The quantitative estimate of drug-likeness (QED) is 0.754. The first-order chi connectivity index (χ1) is 8.64. The highest BCUT2D eigenvalue weighted by molar-refractivity contribution is 5.68. The minimum atomic E-state index is -0.641. The summed E-state index contributed by atoms with van der Waals surface area (Å²) in [6.45, 7) is 6.52. The van der Waals surface area contributed by atoms with Crippen molar-refractivity contribution in [2.24, 2.45) is 0 Å². The molecule has 0 saturated carbocycles. The first kappa shape index (κ1) is 15.5. The van der Waals surface area contributed by atoms with E-state index >= 15 is 0 Å². The van der Waals surface area contributed by atoms with Crippen molar-refractivity contribution in [3.8, 4) is 0 Å². The summed E-state index contributed by atoms with van der Waals surface area (Å²) in [4.78, 5) is 13.7. The van der Waals surface area contributed by atoms with E-state index in [0.29, 0.717) is 6.42 Å². The number of likely N-dealkylation sites (tertiary alicyclic amines) is 1. The molecule has 106 valence electrons. The maximum absolute atomic E-state index is 11.2. The number of aliphatic carboxylic acids is 1. The summed E-state index contributed by atoms with van der Waals surface area (Å²) in [5.41, 5.74) is -0.0911. The highest BCUT2D eigenvalue weighted by Gasteiger charge is 2.36. The number of nitrogens with zero attached hydrogens (tertiary/aromatic N) is 1. The van der Waals surface area contributed by atoms with Gasteiger partial charge in [-0.1, -0.05) is 39.5 Å². The van der Waals surface area contributed by atoms with Crippen LogP contribution in [-0.2, 0) is 4.79 Å². The molecule has 3 nitrogen and oxygen atoms in total. The monoisotopic (exact) mass is 255 g/mol. The number of carboxylic acid groups (broad SMARTS) is 1. The zero-order valence-corrected chi connectivity index (χ0v) is 12.1. The third-order valence-electron chi connectivity index (χ3n) is 4.41. The molecule has 0 spiro atoms. The molecule has 1 saturated heterocycles. The van der Waals surface area contributed by atoms with E-state index in [4.69, 9.17) is 0 Å². The van der Waals surface area contributed by atoms with E-state index in [-0.39, 0.29) is 5.54 Å². The molecule has 0 aliphatic carbocycles. The van der Waals surface area contributed by atoms with Crippen molar-refractivity contribution < 1.29 is 9.90 Å². The van der Waals surface area contributed by atoms with E-state index < -0.39 is 5.97 Å². The van der Waals surface area contributed by atoms with E-state index in [1.54, 1.807) is 0 Å². The second-order valence-electron chi connectivity index (χ2n) is 5.65. The fourth-order valence-electron chi connectivity index (χ4n) is 3.22. The zero-order valence-electron chi connectivity index (χ0n) is 12.1. The molecule has 1 unspecified atom stereocenters. The van der Waals surface area contributed by atoms with Gasteiger partial charge in [0.2, 0.25) is 0 Å². The van der Waals surface area contributed by atoms with Crippen molar-refractivity contribution in [3.05, 3.63) is 0 Å². The van der Waals surface area contributed by atoms with Gasteiger partial charge in [0.1, 0.15) is 0 Å². The molecular formula is C15H29NO2. The number of hydrogen-bond donors (Lipinski definition) is 1. The summed E-state index contributed by atoms with van der Waals surface area (Å²) in [5, 5.41) is 9.25. The van der Waals surface area contributed by atoms with Crippen LogP contribution in [0.3, 0.4) is 0 Å². The smallest absolute Gasteiger partial charge is 0.305 e. The lowest BCUT2D eigenvalue weighted by Gasteiger charge is -2.43. The predicted molar refractivity (Wildman–Crippen MR) is 74.8 cm³/mol. The van der Waals surface area contributed by atoms with Crippen LogP contribution in [0.5, 0.6) is 0 Å². The van der Waals surface area contributed by atoms with Gasteiger partial charge in [0, 0.05) is 5.54 Å². The maximum Gasteiger partial charge on any atom is 0.305 e. The lowest BCUT2D eigenvalue weighted by atomic mass is 9.84. The molecular weight excluding hydrogens is 226 g/mol. The van der Waals surface area contributed by atoms with Gasteiger partial charge in [-0.3, -0.25) is 9.69 Å². The van der Waals surface area contributed by atoms with Gasteiger partial charge in [0.05, 0.1) is 6.42 Å². The maximum atomic E-state index is 11.2. The molecule has 1 atom stereocenters. The van der Waals surface area contributed by atoms with Gasteiger partial charge in [-0.15, -0.1) is 0 Å². The normalized spacial score (nSPS) is 21.2. The van der Waals surface area contributed by atoms with Crippen LogP contribution < -0.4 is 0 Å². The molecule has 0 aromatic heterocycles. The van der Waals surface area contributed by atoms with E-state index in [2.05, 4.69) is 18.7 Å². The van der Waals surface area contributed by atoms with Gasteiger partial charge in [0.15, 0.2) is 0 Å². The number of unbranched alkanes of at least 4 members (excludes halogenated alkanes) is 1. The predicted octanol–water partition coefficient (Wildman–Crippen LogP) is 3.68. The van der Waals surface area contributed by atoms with Crippen molar-refractivity contribution in [2.45, 2.75) is 77.2 Å². The van der Waals surface area contributed by atoms with Crippen LogP contribution in [0.2, 0.25) is 0 Å². The highest BCUT2D eigenvalue weighted by Crippen LogP contribution is 2.32. The van der Waals surface area contributed by atoms with E-state index in [9.17, 15) is 9.90 Å². The Morgan fingerprint density at radius 1 is 1.17 bits per heavy atom. The molecule has 18 heavy (non-hydrogen) atoms. The zero-order chi connectivity index (χ0) is 13.4. The molecule has 1 N–H and O–H groups in total. The third kappa shape index (κ3) is 4.27. The van der Waals surface area contributed by atoms with Crippen LogP contribution in [-0.4, -0.2) is 34.6 Å². The van der Waals surface area contributed by atoms with E-state index in [0.717, 1.165) is 38.8 Å². The largest absolute Gasteiger partial charge is 0.481 e. The first-order valence-corrected chi connectivity index (χ1v) is 7.61. The number of carboxylic acids is 1. The van der Waals surface area contributed by atoms with Gasteiger partial charge < -0.3 is 5.11 Å². The van der Waals surface area contributed by atoms with Crippen molar-refractivity contribution in [1.29, 1.82) is 0 Å². The molecule has 1 aliphatic rings. The molecule has 0 aromatic rings. The van der Waals surface area contributed by atoms with Crippen LogP contribution in [0, 0.1) is 0 Å². The summed E-state index contributed by atoms with van der Waals surface area (Å²) in [6, 6.07) is 0. The Labute approximate surface area is 112 Å². The van der Waals surface area contributed by atoms with Gasteiger partial charge >= 0.3 is 5.97 Å². The van der Waals surface area contributed by atoms with Crippen LogP contribution in [0.4, 0.5) is 0 Å². The fraction of sp³-hybridized carbons (Fsp3) is 0.933. The van der Waals surface area contributed by atoms with Crippen molar-refractivity contribution in [2.75, 3.05) is 13.1 Å². The van der Waals surface area contributed by atoms with Crippen LogP contribution in [0.25, 0.3) is 0 Å². The van der Waals surface area contributed by atoms with Gasteiger partial charge in [-0.2, -0.15) is 0 Å². The fourth-order valence-corrected chi connectivity index (χ4v) is 3.22. The highest BCUT2D eigenvalue weighted by atomic mass is 16.4. The summed E-state index contributed by atoms with van der Waals surface area (Å²) in [6.07, 6.45) is 9.65. The van der Waals surface area contributed by atoms with Gasteiger partial charge in [-0.25, -0.2) is 0 Å². The molecule has 0 bridgehead atoms. The standard InChI is InChI=1S/C15H29NO2/c1-3-5-10-15(4-2,13-14(17)18)16-11-8-6-7-9-12-16/h3-13H2,1-2H3,(H,17,18). The SMILES string of the molecule is CCCCC(CC)(CC(=O)O)N1CCCCCC1. The lowest BCUT2D eigenvalue weighted by Crippen LogP contribution is -2.50. The number of carbonyl (C=O) groups is 1. The van der Waals surface area contributed by atoms with E-state index in [1.165, 1.54) is 25.7 Å². The molecule has 1 rings (SSSR count). The molecule has 1 heterocycles. The Balaban J connectivity index is 2.79. The van der Waals surface area contributed by atoms with E-state index in [1.807, 2.05) is 0 Å². The second-order valence-corrected chi connectivity index (χ2v) is 5.65. The Morgan fingerprint density at radius 3 is 2.22 bits per heavy atom. The number of hydrogen-bond acceptors (Lipinski definition) is 2. The summed E-state index contributed by atoms with van der Waals surface area (Å²) < 4.78 is 0. The molecule has 0 radical (unpaired) electrons. The lowest BCUT2D eigenvalue weighted by molar-refractivity contribution is -0.141. The Morgan fingerprint density at radius 2 is 1.78 bits per heavy atom. The molecule has 0 aromatic carbocycles.